The van der Waals surface area contributed by atoms with Gasteiger partial charge < -0.3 is 9.84 Å². The Bertz CT molecular complexity index is 1270. The minimum Gasteiger partial charge on any atom is -0.355 e. The van der Waals surface area contributed by atoms with Gasteiger partial charge >= 0.3 is 0 Å². The fourth-order valence-corrected chi connectivity index (χ4v) is 3.89. The molecule has 8 heteroatoms. The molecule has 0 unspecified atom stereocenters. The number of rotatable bonds is 6. The van der Waals surface area contributed by atoms with Crippen molar-refractivity contribution in [1.29, 1.82) is 0 Å². The van der Waals surface area contributed by atoms with Crippen LogP contribution in [0, 0.1) is 0 Å². The van der Waals surface area contributed by atoms with Crippen molar-refractivity contribution in [2.75, 3.05) is 10.0 Å². The van der Waals surface area contributed by atoms with Crippen molar-refractivity contribution in [2.45, 2.75) is 4.90 Å². The Balaban J connectivity index is 1.55. The van der Waals surface area contributed by atoms with Crippen molar-refractivity contribution >= 4 is 27.3 Å². The summed E-state index contributed by atoms with van der Waals surface area (Å²) in [6.45, 7) is 0. The van der Waals surface area contributed by atoms with Crippen LogP contribution in [0.25, 0.3) is 11.3 Å². The fraction of sp³-hybridized carbons (Fsp3) is 0. The molecule has 0 spiro atoms. The lowest BCUT2D eigenvalue weighted by atomic mass is 10.1. The summed E-state index contributed by atoms with van der Waals surface area (Å²) in [5.74, 6) is -0.0638. The van der Waals surface area contributed by atoms with E-state index in [4.69, 9.17) is 4.52 Å². The zero-order valence-corrected chi connectivity index (χ0v) is 16.5. The maximum Gasteiger partial charge on any atom is 0.277 e. The summed E-state index contributed by atoms with van der Waals surface area (Å²) in [5.41, 5.74) is 1.40. The van der Waals surface area contributed by atoms with Crippen LogP contribution < -0.4 is 10.0 Å². The van der Waals surface area contributed by atoms with Gasteiger partial charge in [0.15, 0.2) is 11.5 Å². The molecule has 0 aliphatic heterocycles. The van der Waals surface area contributed by atoms with E-state index in [1.54, 1.807) is 42.5 Å². The molecule has 7 nitrogen and oxygen atoms in total. The molecule has 3 aromatic carbocycles. The Morgan fingerprint density at radius 3 is 2.10 bits per heavy atom. The SMILES string of the molecule is O=C(Nc1ccccc1NS(=O)(=O)c1ccccc1)c1cc(-c2ccccc2)on1. The number of anilines is 2. The highest BCUT2D eigenvalue weighted by molar-refractivity contribution is 7.92. The second kappa shape index (κ2) is 8.22. The monoisotopic (exact) mass is 419 g/mol. The summed E-state index contributed by atoms with van der Waals surface area (Å²) in [7, 11) is -3.80. The van der Waals surface area contributed by atoms with Gasteiger partial charge in [0.25, 0.3) is 15.9 Å². The molecular weight excluding hydrogens is 402 g/mol. The number of aromatic nitrogens is 1. The van der Waals surface area contributed by atoms with Gasteiger partial charge in [-0.15, -0.1) is 0 Å². The predicted molar refractivity (Wildman–Crippen MR) is 114 cm³/mol. The Kier molecular flexibility index (Phi) is 5.32. The first-order valence-electron chi connectivity index (χ1n) is 9.03. The summed E-state index contributed by atoms with van der Waals surface area (Å²) in [5, 5.41) is 6.49. The Labute approximate surface area is 173 Å². The number of benzene rings is 3. The molecule has 0 saturated carbocycles. The molecule has 4 aromatic rings. The van der Waals surface area contributed by atoms with Gasteiger partial charge in [-0.25, -0.2) is 8.42 Å². The number of amides is 1. The molecule has 30 heavy (non-hydrogen) atoms. The highest BCUT2D eigenvalue weighted by Gasteiger charge is 2.18. The molecular formula is C22H17N3O4S. The van der Waals surface area contributed by atoms with Gasteiger partial charge in [0.1, 0.15) is 0 Å². The highest BCUT2D eigenvalue weighted by atomic mass is 32.2. The first-order valence-corrected chi connectivity index (χ1v) is 10.5. The third kappa shape index (κ3) is 4.23. The smallest absolute Gasteiger partial charge is 0.277 e. The number of nitrogens with one attached hydrogen (secondary N) is 2. The Morgan fingerprint density at radius 2 is 1.40 bits per heavy atom. The van der Waals surface area contributed by atoms with Crippen molar-refractivity contribution in [3.05, 3.63) is 96.7 Å². The van der Waals surface area contributed by atoms with Crippen molar-refractivity contribution in [2.24, 2.45) is 0 Å². The van der Waals surface area contributed by atoms with E-state index in [1.165, 1.54) is 18.2 Å². The summed E-state index contributed by atoms with van der Waals surface area (Å²) in [4.78, 5) is 12.8. The van der Waals surface area contributed by atoms with Crippen LogP contribution in [0.15, 0.2) is 100 Å². The zero-order chi connectivity index (χ0) is 21.0. The molecule has 0 bridgehead atoms. The zero-order valence-electron chi connectivity index (χ0n) is 15.6. The van der Waals surface area contributed by atoms with E-state index in [-0.39, 0.29) is 16.3 Å². The quantitative estimate of drug-likeness (QED) is 0.482. The van der Waals surface area contributed by atoms with E-state index < -0.39 is 15.9 Å². The van der Waals surface area contributed by atoms with E-state index in [2.05, 4.69) is 15.2 Å². The minimum absolute atomic E-state index is 0.0783. The largest absolute Gasteiger partial charge is 0.355 e. The number of hydrogen-bond acceptors (Lipinski definition) is 5. The normalized spacial score (nSPS) is 11.1. The van der Waals surface area contributed by atoms with Gasteiger partial charge in [-0.3, -0.25) is 9.52 Å². The molecule has 150 valence electrons. The van der Waals surface area contributed by atoms with Crippen LogP contribution in [0.4, 0.5) is 11.4 Å². The minimum atomic E-state index is -3.80. The molecule has 1 amide bonds. The number of carbonyl (C=O) groups is 1. The fourth-order valence-electron chi connectivity index (χ4n) is 2.79. The molecule has 0 aliphatic carbocycles. The average molecular weight is 419 g/mol. The van der Waals surface area contributed by atoms with E-state index in [0.29, 0.717) is 11.4 Å². The first kappa shape index (κ1) is 19.4. The van der Waals surface area contributed by atoms with Crippen molar-refractivity contribution in [3.63, 3.8) is 0 Å². The molecule has 1 aromatic heterocycles. The van der Waals surface area contributed by atoms with Crippen LogP contribution in [-0.4, -0.2) is 19.5 Å². The predicted octanol–water partition coefficient (Wildman–Crippen LogP) is 4.39. The molecule has 0 fully saturated rings. The van der Waals surface area contributed by atoms with Crippen LogP contribution in [0.5, 0.6) is 0 Å². The number of para-hydroxylation sites is 2. The van der Waals surface area contributed by atoms with E-state index in [9.17, 15) is 13.2 Å². The molecule has 0 saturated heterocycles. The lowest BCUT2D eigenvalue weighted by Gasteiger charge is -2.13. The van der Waals surface area contributed by atoms with Gasteiger partial charge in [0, 0.05) is 11.6 Å². The van der Waals surface area contributed by atoms with Crippen LogP contribution >= 0.6 is 0 Å². The summed E-state index contributed by atoms with van der Waals surface area (Å²) < 4.78 is 33.0. The van der Waals surface area contributed by atoms with Gasteiger partial charge in [-0.2, -0.15) is 0 Å². The third-order valence-corrected chi connectivity index (χ3v) is 5.66. The molecule has 1 heterocycles. The number of nitrogens with zero attached hydrogens (tertiary/aromatic N) is 1. The molecule has 2 N–H and O–H groups in total. The van der Waals surface area contributed by atoms with Gasteiger partial charge in [0.05, 0.1) is 16.3 Å². The number of carbonyl (C=O) groups excluding carboxylic acids is 1. The Hall–Kier alpha value is -3.91. The van der Waals surface area contributed by atoms with Crippen molar-refractivity contribution in [3.8, 4) is 11.3 Å². The van der Waals surface area contributed by atoms with Gasteiger partial charge in [-0.05, 0) is 24.3 Å². The van der Waals surface area contributed by atoms with Gasteiger partial charge in [0.2, 0.25) is 0 Å². The lowest BCUT2D eigenvalue weighted by Crippen LogP contribution is -2.17. The van der Waals surface area contributed by atoms with Crippen LogP contribution in [0.2, 0.25) is 0 Å². The molecule has 0 aliphatic rings. The van der Waals surface area contributed by atoms with Crippen molar-refractivity contribution < 1.29 is 17.7 Å². The van der Waals surface area contributed by atoms with Crippen molar-refractivity contribution in [1.82, 2.24) is 5.16 Å². The second-order valence-corrected chi connectivity index (χ2v) is 8.04. The number of hydrogen-bond donors (Lipinski definition) is 2. The van der Waals surface area contributed by atoms with Crippen LogP contribution in [0.3, 0.4) is 0 Å². The topological polar surface area (TPSA) is 101 Å². The summed E-state index contributed by atoms with van der Waals surface area (Å²) in [6, 6.07) is 25.3. The Morgan fingerprint density at radius 1 is 0.800 bits per heavy atom. The summed E-state index contributed by atoms with van der Waals surface area (Å²) >= 11 is 0. The standard InChI is InChI=1S/C22H17N3O4S/c26-22(20-15-21(29-24-20)16-9-3-1-4-10-16)23-18-13-7-8-14-19(18)25-30(27,28)17-11-5-2-6-12-17/h1-15,25H,(H,23,26). The summed E-state index contributed by atoms with van der Waals surface area (Å²) in [6.07, 6.45) is 0. The highest BCUT2D eigenvalue weighted by Crippen LogP contribution is 2.26. The van der Waals surface area contributed by atoms with E-state index in [0.717, 1.165) is 5.56 Å². The van der Waals surface area contributed by atoms with Gasteiger partial charge in [-0.1, -0.05) is 65.8 Å². The average Bonchev–Trinajstić information content (AvgIpc) is 3.27. The molecule has 0 radical (unpaired) electrons. The van der Waals surface area contributed by atoms with E-state index >= 15 is 0 Å². The maximum atomic E-state index is 12.6. The van der Waals surface area contributed by atoms with E-state index in [1.807, 2.05) is 30.3 Å². The first-order chi connectivity index (χ1) is 14.5. The molecule has 0 atom stereocenters. The second-order valence-electron chi connectivity index (χ2n) is 6.36. The third-order valence-electron chi connectivity index (χ3n) is 4.27. The van der Waals surface area contributed by atoms with Crippen LogP contribution in [-0.2, 0) is 10.0 Å². The molecule has 4 rings (SSSR count). The lowest BCUT2D eigenvalue weighted by molar-refractivity contribution is 0.101. The van der Waals surface area contributed by atoms with Crippen LogP contribution in [0.1, 0.15) is 10.5 Å². The maximum absolute atomic E-state index is 12.6. The number of sulfonamides is 1.